The quantitative estimate of drug-likeness (QED) is 0.378. The van der Waals surface area contributed by atoms with Gasteiger partial charge in [0.15, 0.2) is 0 Å². The third kappa shape index (κ3) is 5.70. The molecule has 0 radical (unpaired) electrons. The van der Waals surface area contributed by atoms with Gasteiger partial charge in [-0.25, -0.2) is 0 Å². The molecule has 0 saturated carbocycles. The summed E-state index contributed by atoms with van der Waals surface area (Å²) in [7, 11) is 1.43. The molecule has 0 aliphatic heterocycles. The number of nitro benzene ring substituents is 1. The van der Waals surface area contributed by atoms with Gasteiger partial charge in [0.25, 0.3) is 5.69 Å². The van der Waals surface area contributed by atoms with E-state index in [1.54, 1.807) is 6.07 Å². The highest BCUT2D eigenvalue weighted by Crippen LogP contribution is 2.29. The zero-order valence-corrected chi connectivity index (χ0v) is 16.7. The summed E-state index contributed by atoms with van der Waals surface area (Å²) in [6, 6.07) is 10.3. The van der Waals surface area contributed by atoms with Gasteiger partial charge in [-0.05, 0) is 54.7 Å². The van der Waals surface area contributed by atoms with Crippen molar-refractivity contribution >= 4 is 17.3 Å². The van der Waals surface area contributed by atoms with Crippen LogP contribution in [0.3, 0.4) is 0 Å². The molecule has 28 heavy (non-hydrogen) atoms. The zero-order valence-electron chi connectivity index (χ0n) is 16.7. The van der Waals surface area contributed by atoms with E-state index in [0.717, 1.165) is 5.75 Å². The second kappa shape index (κ2) is 9.73. The zero-order chi connectivity index (χ0) is 20.7. The number of carbonyl (C=O) groups is 1. The van der Waals surface area contributed by atoms with E-state index in [0.29, 0.717) is 24.7 Å². The number of hydrogen-bond acceptors (Lipinski definition) is 5. The van der Waals surface area contributed by atoms with E-state index < -0.39 is 4.92 Å². The van der Waals surface area contributed by atoms with Crippen LogP contribution in [0.15, 0.2) is 36.4 Å². The van der Waals surface area contributed by atoms with Crippen molar-refractivity contribution in [2.75, 3.05) is 19.0 Å². The number of hydrogen-bond donors (Lipinski definition) is 1. The van der Waals surface area contributed by atoms with Gasteiger partial charge in [-0.2, -0.15) is 0 Å². The summed E-state index contributed by atoms with van der Waals surface area (Å²) in [5.41, 5.74) is 2.41. The number of amides is 1. The van der Waals surface area contributed by atoms with Crippen LogP contribution in [-0.4, -0.2) is 24.5 Å². The van der Waals surface area contributed by atoms with Gasteiger partial charge in [-0.3, -0.25) is 14.9 Å². The summed E-state index contributed by atoms with van der Waals surface area (Å²) in [5, 5.41) is 13.7. The number of nitrogens with zero attached hydrogens (tertiary/aromatic N) is 1. The first-order valence-electron chi connectivity index (χ1n) is 9.17. The molecule has 7 nitrogen and oxygen atoms in total. The van der Waals surface area contributed by atoms with Gasteiger partial charge < -0.3 is 14.8 Å². The number of methoxy groups -OCH3 is 1. The molecule has 2 aromatic carbocycles. The monoisotopic (exact) mass is 386 g/mol. The molecular formula is C21H26N2O5. The summed E-state index contributed by atoms with van der Waals surface area (Å²) < 4.78 is 10.7. The number of anilines is 1. The van der Waals surface area contributed by atoms with Crippen molar-refractivity contribution in [2.24, 2.45) is 0 Å². The molecule has 2 rings (SSSR count). The number of nitrogens with one attached hydrogen (secondary N) is 1. The highest BCUT2D eigenvalue weighted by molar-refractivity contribution is 5.93. The average molecular weight is 386 g/mol. The molecular weight excluding hydrogens is 360 g/mol. The Morgan fingerprint density at radius 1 is 1.18 bits per heavy atom. The Labute approximate surface area is 164 Å². The molecule has 1 N–H and O–H groups in total. The van der Waals surface area contributed by atoms with Crippen LogP contribution in [0.1, 0.15) is 43.7 Å². The van der Waals surface area contributed by atoms with Gasteiger partial charge in [0.1, 0.15) is 17.2 Å². The van der Waals surface area contributed by atoms with Gasteiger partial charge in [-0.15, -0.1) is 0 Å². The highest BCUT2D eigenvalue weighted by atomic mass is 16.6. The Kier molecular flexibility index (Phi) is 7.37. The number of aryl methyl sites for hydroxylation is 1. The lowest BCUT2D eigenvalue weighted by Gasteiger charge is -2.12. The maximum atomic E-state index is 12.1. The van der Waals surface area contributed by atoms with Crippen LogP contribution in [0.5, 0.6) is 11.5 Å². The van der Waals surface area contributed by atoms with Gasteiger partial charge >= 0.3 is 0 Å². The number of nitro groups is 1. The smallest absolute Gasteiger partial charge is 0.296 e. The van der Waals surface area contributed by atoms with E-state index in [9.17, 15) is 14.9 Å². The third-order valence-corrected chi connectivity index (χ3v) is 4.36. The van der Waals surface area contributed by atoms with Crippen LogP contribution in [0.2, 0.25) is 0 Å². The lowest BCUT2D eigenvalue weighted by Crippen LogP contribution is -2.14. The highest BCUT2D eigenvalue weighted by Gasteiger charge is 2.17. The van der Waals surface area contributed by atoms with Crippen LogP contribution >= 0.6 is 0 Å². The first-order chi connectivity index (χ1) is 13.3. The van der Waals surface area contributed by atoms with Crippen LogP contribution in [0.4, 0.5) is 11.4 Å². The second-order valence-electron chi connectivity index (χ2n) is 6.81. The molecule has 0 heterocycles. The van der Waals surface area contributed by atoms with Crippen LogP contribution in [0, 0.1) is 17.0 Å². The fourth-order valence-corrected chi connectivity index (χ4v) is 2.92. The van der Waals surface area contributed by atoms with Crippen LogP contribution in [0.25, 0.3) is 0 Å². The van der Waals surface area contributed by atoms with E-state index in [2.05, 4.69) is 32.2 Å². The molecule has 0 saturated heterocycles. The summed E-state index contributed by atoms with van der Waals surface area (Å²) >= 11 is 0. The minimum absolute atomic E-state index is 0.150. The number of ether oxygens (including phenoxy) is 2. The van der Waals surface area contributed by atoms with Crippen molar-refractivity contribution in [3.8, 4) is 11.5 Å². The maximum absolute atomic E-state index is 12.1. The van der Waals surface area contributed by atoms with E-state index >= 15 is 0 Å². The maximum Gasteiger partial charge on any atom is 0.296 e. The fourth-order valence-electron chi connectivity index (χ4n) is 2.92. The van der Waals surface area contributed by atoms with Crippen molar-refractivity contribution < 1.29 is 19.2 Å². The predicted molar refractivity (Wildman–Crippen MR) is 108 cm³/mol. The Bertz CT molecular complexity index is 849. The number of rotatable bonds is 9. The molecule has 0 aromatic heterocycles. The lowest BCUT2D eigenvalue weighted by atomic mass is 9.98. The van der Waals surface area contributed by atoms with Crippen molar-refractivity contribution in [3.05, 3.63) is 57.6 Å². The largest absolute Gasteiger partial charge is 0.496 e. The summed E-state index contributed by atoms with van der Waals surface area (Å²) in [4.78, 5) is 22.7. The molecule has 1 amide bonds. The first-order valence-corrected chi connectivity index (χ1v) is 9.17. The Morgan fingerprint density at radius 2 is 1.89 bits per heavy atom. The molecule has 2 aromatic rings. The van der Waals surface area contributed by atoms with Crippen molar-refractivity contribution in [2.45, 2.75) is 39.5 Å². The van der Waals surface area contributed by atoms with Crippen molar-refractivity contribution in [1.29, 1.82) is 0 Å². The summed E-state index contributed by atoms with van der Waals surface area (Å²) in [6.07, 6.45) is 0.701. The Morgan fingerprint density at radius 3 is 2.50 bits per heavy atom. The predicted octanol–water partition coefficient (Wildman–Crippen LogP) is 4.83. The topological polar surface area (TPSA) is 90.7 Å². The van der Waals surface area contributed by atoms with Crippen LogP contribution < -0.4 is 14.8 Å². The van der Waals surface area contributed by atoms with E-state index in [1.807, 2.05) is 12.1 Å². The van der Waals surface area contributed by atoms with E-state index in [-0.39, 0.29) is 23.7 Å². The fraction of sp³-hybridized carbons (Fsp3) is 0.381. The Hall–Kier alpha value is -3.09. The van der Waals surface area contributed by atoms with Crippen LogP contribution in [-0.2, 0) is 4.79 Å². The van der Waals surface area contributed by atoms with Gasteiger partial charge in [0.05, 0.1) is 24.7 Å². The lowest BCUT2D eigenvalue weighted by molar-refractivity contribution is -0.384. The van der Waals surface area contributed by atoms with E-state index in [1.165, 1.54) is 30.4 Å². The van der Waals surface area contributed by atoms with Gasteiger partial charge in [-0.1, -0.05) is 19.9 Å². The second-order valence-corrected chi connectivity index (χ2v) is 6.81. The Balaban J connectivity index is 1.85. The molecule has 0 atom stereocenters. The molecule has 0 aliphatic rings. The summed E-state index contributed by atoms with van der Waals surface area (Å²) in [6.45, 7) is 6.74. The minimum atomic E-state index is -0.551. The molecule has 150 valence electrons. The average Bonchev–Trinajstić information content (AvgIpc) is 2.65. The number of carbonyl (C=O) groups excluding carboxylic acids is 1. The first kappa shape index (κ1) is 21.2. The molecule has 0 spiro atoms. The van der Waals surface area contributed by atoms with Gasteiger partial charge in [0, 0.05) is 6.42 Å². The molecule has 0 bridgehead atoms. The standard InChI is InChI=1S/C21H26N2O5/c1-14(2)18-9-7-17(12-15(18)3)28-11-5-6-21(24)22-19-10-8-16(27-4)13-20(19)23(25)26/h7-10,12-14H,5-6,11H2,1-4H3,(H,22,24). The molecule has 0 aliphatic carbocycles. The normalized spacial score (nSPS) is 10.6. The number of benzene rings is 2. The van der Waals surface area contributed by atoms with Gasteiger partial charge in [0.2, 0.25) is 5.91 Å². The van der Waals surface area contributed by atoms with Crippen molar-refractivity contribution in [1.82, 2.24) is 0 Å². The minimum Gasteiger partial charge on any atom is -0.496 e. The third-order valence-electron chi connectivity index (χ3n) is 4.36. The molecule has 0 unspecified atom stereocenters. The SMILES string of the molecule is COc1ccc(NC(=O)CCCOc2ccc(C(C)C)c(C)c2)c([N+](=O)[O-])c1. The molecule has 0 fully saturated rings. The van der Waals surface area contributed by atoms with Crippen molar-refractivity contribution in [3.63, 3.8) is 0 Å². The summed E-state index contributed by atoms with van der Waals surface area (Å²) in [5.74, 6) is 1.29. The molecule has 7 heteroatoms. The van der Waals surface area contributed by atoms with E-state index in [4.69, 9.17) is 9.47 Å².